The van der Waals surface area contributed by atoms with Crippen LogP contribution < -0.4 is 4.18 Å². The molecule has 244 valence electrons. The van der Waals surface area contributed by atoms with Gasteiger partial charge < -0.3 is 13.3 Å². The maximum absolute atomic E-state index is 12.9. The first kappa shape index (κ1) is 33.4. The third-order valence-electron chi connectivity index (χ3n) is 10.0. The van der Waals surface area contributed by atoms with E-state index in [1.165, 1.54) is 23.3 Å². The van der Waals surface area contributed by atoms with Crippen LogP contribution in [0.25, 0.3) is 0 Å². The van der Waals surface area contributed by atoms with E-state index in [4.69, 9.17) is 14.1 Å². The molecule has 2 aliphatic carbocycles. The highest BCUT2D eigenvalue weighted by molar-refractivity contribution is 7.88. The Kier molecular flexibility index (Phi) is 8.21. The van der Waals surface area contributed by atoms with Gasteiger partial charge in [0.15, 0.2) is 8.32 Å². The molecule has 1 aliphatic heterocycles. The quantitative estimate of drug-likeness (QED) is 0.176. The van der Waals surface area contributed by atoms with Crippen LogP contribution in [0.5, 0.6) is 5.75 Å². The highest BCUT2D eigenvalue weighted by atomic mass is 32.2. The average molecular weight is 654 g/mol. The van der Waals surface area contributed by atoms with Crippen molar-refractivity contribution in [1.29, 1.82) is 0 Å². The van der Waals surface area contributed by atoms with Crippen LogP contribution in [-0.2, 0) is 31.3 Å². The van der Waals surface area contributed by atoms with Crippen molar-refractivity contribution in [2.75, 3.05) is 0 Å². The predicted octanol–water partition coefficient (Wildman–Crippen LogP) is 9.36. The Morgan fingerprint density at radius 1 is 1.02 bits per heavy atom. The summed E-state index contributed by atoms with van der Waals surface area (Å²) < 4.78 is 80.7. The number of ether oxygens (including phenoxy) is 1. The van der Waals surface area contributed by atoms with Crippen LogP contribution >= 0.6 is 0 Å². The number of aromatic nitrogens is 1. The van der Waals surface area contributed by atoms with Crippen LogP contribution in [0.2, 0.25) is 18.1 Å². The van der Waals surface area contributed by atoms with E-state index in [1.54, 1.807) is 12.1 Å². The number of nitrogens with zero attached hydrogens (tertiary/aromatic N) is 1. The first-order chi connectivity index (χ1) is 20.1. The first-order valence-corrected chi connectivity index (χ1v) is 19.9. The minimum absolute atomic E-state index is 0.00377. The summed E-state index contributed by atoms with van der Waals surface area (Å²) in [4.78, 5) is 5.37. The maximum Gasteiger partial charge on any atom is 0.534 e. The molecule has 1 aromatic heterocycles. The standard InChI is InChI=1S/C33H46F3NO5SSi/c1-20(2)28-26-27(25-23(37-28)18-31(6,7)19-24(25)42-44(8,9)30(3,4)5)32(16-10-11-17-32)40-29(26)21-12-14-22(15-13-21)41-43(38,39)33(34,35)36/h12-15,20,24,29H,10-11,16-19H2,1-9H3/t24-,29+/m0/s1. The van der Waals surface area contributed by atoms with Crippen LogP contribution in [-0.4, -0.2) is 27.2 Å². The van der Waals surface area contributed by atoms with Crippen LogP contribution in [0.1, 0.15) is 132 Å². The summed E-state index contributed by atoms with van der Waals surface area (Å²) in [6.07, 6.45) is 4.88. The van der Waals surface area contributed by atoms with Crippen LogP contribution in [0.3, 0.4) is 0 Å². The normalized spacial score (nSPS) is 23.2. The molecule has 1 spiro atoms. The van der Waals surface area contributed by atoms with Crippen molar-refractivity contribution < 1.29 is 34.9 Å². The van der Waals surface area contributed by atoms with Crippen molar-refractivity contribution in [1.82, 2.24) is 4.98 Å². The molecule has 0 radical (unpaired) electrons. The van der Waals surface area contributed by atoms with Gasteiger partial charge in [0.2, 0.25) is 0 Å². The van der Waals surface area contributed by atoms with Gasteiger partial charge in [-0.15, -0.1) is 0 Å². The number of alkyl halides is 3. The highest BCUT2D eigenvalue weighted by Gasteiger charge is 2.54. The monoisotopic (exact) mass is 653 g/mol. The van der Waals surface area contributed by atoms with Crippen molar-refractivity contribution in [3.05, 3.63) is 57.9 Å². The van der Waals surface area contributed by atoms with Crippen LogP contribution in [0, 0.1) is 5.41 Å². The van der Waals surface area contributed by atoms with Crippen molar-refractivity contribution in [2.24, 2.45) is 5.41 Å². The van der Waals surface area contributed by atoms with Crippen molar-refractivity contribution in [2.45, 2.75) is 134 Å². The van der Waals surface area contributed by atoms with Gasteiger partial charge in [-0.25, -0.2) is 0 Å². The molecule has 0 saturated heterocycles. The summed E-state index contributed by atoms with van der Waals surface area (Å²) in [6, 6.07) is 5.71. The largest absolute Gasteiger partial charge is 0.534 e. The van der Waals surface area contributed by atoms with E-state index in [1.807, 2.05) is 0 Å². The molecule has 1 fully saturated rings. The number of halogens is 3. The smallest absolute Gasteiger partial charge is 0.410 e. The van der Waals surface area contributed by atoms with Gasteiger partial charge in [-0.3, -0.25) is 4.98 Å². The number of fused-ring (bicyclic) bond motifs is 4. The van der Waals surface area contributed by atoms with Gasteiger partial charge >= 0.3 is 15.6 Å². The lowest BCUT2D eigenvalue weighted by Crippen LogP contribution is -2.44. The Hall–Kier alpha value is -1.95. The Labute approximate surface area is 261 Å². The molecule has 44 heavy (non-hydrogen) atoms. The van der Waals surface area contributed by atoms with Crippen molar-refractivity contribution >= 4 is 18.4 Å². The van der Waals surface area contributed by atoms with E-state index >= 15 is 0 Å². The van der Waals surface area contributed by atoms with E-state index in [0.29, 0.717) is 5.56 Å². The lowest BCUT2D eigenvalue weighted by molar-refractivity contribution is -0.0579. The zero-order chi connectivity index (χ0) is 32.7. The van der Waals surface area contributed by atoms with Gasteiger partial charge in [0.25, 0.3) is 0 Å². The molecule has 0 unspecified atom stereocenters. The first-order valence-electron chi connectivity index (χ1n) is 15.6. The lowest BCUT2D eigenvalue weighted by atomic mass is 9.70. The van der Waals surface area contributed by atoms with Gasteiger partial charge in [-0.1, -0.05) is 73.4 Å². The molecular weight excluding hydrogens is 608 g/mol. The molecule has 2 heterocycles. The minimum Gasteiger partial charge on any atom is -0.410 e. The topological polar surface area (TPSA) is 74.7 Å². The maximum atomic E-state index is 12.9. The number of benzene rings is 1. The van der Waals surface area contributed by atoms with Crippen molar-refractivity contribution in [3.63, 3.8) is 0 Å². The SMILES string of the molecule is CC(C)c1nc2c(c3c1[C@@H](c1ccc(OS(=O)(=O)C(F)(F)F)cc1)OC31CCCC1)[C@@H](O[Si](C)(C)C(C)(C)C)CC(C)(C)C2. The summed E-state index contributed by atoms with van der Waals surface area (Å²) >= 11 is 0. The fourth-order valence-electron chi connectivity index (χ4n) is 6.89. The zero-order valence-electron chi connectivity index (χ0n) is 27.3. The molecule has 1 aromatic carbocycles. The van der Waals surface area contributed by atoms with Crippen LogP contribution in [0.15, 0.2) is 24.3 Å². The fraction of sp³-hybridized carbons (Fsp3) is 0.667. The van der Waals surface area contributed by atoms with Crippen molar-refractivity contribution in [3.8, 4) is 5.75 Å². The summed E-state index contributed by atoms with van der Waals surface area (Å²) in [5, 5.41) is 0.0245. The lowest BCUT2D eigenvalue weighted by Gasteiger charge is -2.45. The number of pyridine rings is 1. The van der Waals surface area contributed by atoms with Crippen LogP contribution in [0.4, 0.5) is 13.2 Å². The van der Waals surface area contributed by atoms with E-state index in [-0.39, 0.29) is 22.5 Å². The molecule has 0 amide bonds. The molecule has 2 atom stereocenters. The number of hydrogen-bond acceptors (Lipinski definition) is 6. The predicted molar refractivity (Wildman–Crippen MR) is 167 cm³/mol. The zero-order valence-corrected chi connectivity index (χ0v) is 29.1. The Morgan fingerprint density at radius 2 is 1.61 bits per heavy atom. The Bertz CT molecular complexity index is 1520. The second kappa shape index (κ2) is 10.8. The Balaban J connectivity index is 1.68. The second-order valence-electron chi connectivity index (χ2n) is 15.5. The molecule has 6 nitrogen and oxygen atoms in total. The summed E-state index contributed by atoms with van der Waals surface area (Å²) in [6.45, 7) is 20.2. The highest BCUT2D eigenvalue weighted by Crippen LogP contribution is 2.60. The third-order valence-corrected chi connectivity index (χ3v) is 15.5. The van der Waals surface area contributed by atoms with E-state index < -0.39 is 41.4 Å². The van der Waals surface area contributed by atoms with E-state index in [2.05, 4.69) is 65.7 Å². The average Bonchev–Trinajstić information content (AvgIpc) is 3.46. The fourth-order valence-corrected chi connectivity index (χ4v) is 8.61. The van der Waals surface area contributed by atoms with E-state index in [0.717, 1.165) is 55.5 Å². The molecule has 0 bridgehead atoms. The third kappa shape index (κ3) is 5.86. The summed E-state index contributed by atoms with van der Waals surface area (Å²) in [5.74, 6) is -0.307. The second-order valence-corrected chi connectivity index (χ2v) is 21.8. The van der Waals surface area contributed by atoms with E-state index in [9.17, 15) is 21.6 Å². The number of hydrogen-bond donors (Lipinski definition) is 0. The van der Waals surface area contributed by atoms with Gasteiger partial charge in [0.1, 0.15) is 11.9 Å². The van der Waals surface area contributed by atoms with Gasteiger partial charge in [-0.05, 0) is 78.4 Å². The minimum atomic E-state index is -5.77. The molecule has 1 saturated carbocycles. The molecular formula is C33H46F3NO5SSi. The Morgan fingerprint density at radius 3 is 2.14 bits per heavy atom. The van der Waals surface area contributed by atoms with Gasteiger partial charge in [0.05, 0.1) is 11.7 Å². The molecule has 3 aliphatic rings. The number of rotatable bonds is 6. The van der Waals surface area contributed by atoms with Gasteiger partial charge in [0, 0.05) is 22.5 Å². The molecule has 2 aromatic rings. The summed E-state index contributed by atoms with van der Waals surface area (Å²) in [5.41, 5.74) is 0.158. The molecule has 11 heteroatoms. The molecule has 0 N–H and O–H groups in total. The van der Waals surface area contributed by atoms with Gasteiger partial charge in [-0.2, -0.15) is 21.6 Å². The molecule has 5 rings (SSSR count). The summed E-state index contributed by atoms with van der Waals surface area (Å²) in [7, 11) is -7.95.